The van der Waals surface area contributed by atoms with E-state index in [0.29, 0.717) is 6.47 Å². The summed E-state index contributed by atoms with van der Waals surface area (Å²) in [7, 11) is 0. The molecule has 1 atom stereocenters. The first kappa shape index (κ1) is 21.2. The van der Waals surface area contributed by atoms with Crippen molar-refractivity contribution in [3.05, 3.63) is 12.2 Å². The van der Waals surface area contributed by atoms with Crippen LogP contribution in [0.15, 0.2) is 12.2 Å². The lowest BCUT2D eigenvalue weighted by Crippen LogP contribution is -2.07. The molecular weight excluding hydrogens is 272 g/mol. The summed E-state index contributed by atoms with van der Waals surface area (Å²) in [4.78, 5) is 10.4. The van der Waals surface area contributed by atoms with Gasteiger partial charge in [-0.25, -0.2) is 0 Å². The average Bonchev–Trinajstić information content (AvgIpc) is 2.52. The quantitative estimate of drug-likeness (QED) is 0.172. The van der Waals surface area contributed by atoms with Crippen molar-refractivity contribution in [3.63, 3.8) is 0 Å². The van der Waals surface area contributed by atoms with Gasteiger partial charge in [0.05, 0.1) is 0 Å². The third-order valence-corrected chi connectivity index (χ3v) is 4.13. The van der Waals surface area contributed by atoms with Crippen molar-refractivity contribution in [2.45, 2.75) is 110 Å². The van der Waals surface area contributed by atoms with Gasteiger partial charge in [-0.1, -0.05) is 90.6 Å². The van der Waals surface area contributed by atoms with Crippen molar-refractivity contribution < 1.29 is 9.53 Å². The Hall–Kier alpha value is -0.790. The first-order valence-corrected chi connectivity index (χ1v) is 9.60. The zero-order chi connectivity index (χ0) is 16.3. The van der Waals surface area contributed by atoms with Gasteiger partial charge in [0.2, 0.25) is 0 Å². The largest absolute Gasteiger partial charge is 0.460 e. The minimum absolute atomic E-state index is 0.0183. The van der Waals surface area contributed by atoms with E-state index in [1.165, 1.54) is 70.6 Å². The van der Waals surface area contributed by atoms with E-state index in [9.17, 15) is 4.79 Å². The third kappa shape index (κ3) is 15.6. The number of rotatable bonds is 17. The van der Waals surface area contributed by atoms with E-state index in [1.54, 1.807) is 0 Å². The van der Waals surface area contributed by atoms with Gasteiger partial charge in [-0.05, 0) is 25.3 Å². The number of ether oxygens (including phenoxy) is 1. The monoisotopic (exact) mass is 310 g/mol. The van der Waals surface area contributed by atoms with Gasteiger partial charge in [-0.3, -0.25) is 4.79 Å². The van der Waals surface area contributed by atoms with Crippen molar-refractivity contribution in [2.75, 3.05) is 0 Å². The Kier molecular flexibility index (Phi) is 17.6. The number of unbranched alkanes of at least 4 members (excludes halogenated alkanes) is 11. The lowest BCUT2D eigenvalue weighted by molar-refractivity contribution is -0.131. The fraction of sp³-hybridized carbons (Fsp3) is 0.850. The number of hydrogen-bond acceptors (Lipinski definition) is 2. The Morgan fingerprint density at radius 2 is 1.32 bits per heavy atom. The smallest absolute Gasteiger partial charge is 0.293 e. The van der Waals surface area contributed by atoms with Gasteiger partial charge < -0.3 is 4.74 Å². The molecule has 0 fully saturated rings. The number of carbonyl (C=O) groups is 1. The predicted octanol–water partition coefficient (Wildman–Crippen LogP) is 6.59. The summed E-state index contributed by atoms with van der Waals surface area (Å²) in [6.07, 6.45) is 22.5. The molecule has 2 nitrogen and oxygen atoms in total. The molecule has 0 amide bonds. The molecule has 130 valence electrons. The molecule has 0 bridgehead atoms. The predicted molar refractivity (Wildman–Crippen MR) is 96.1 cm³/mol. The van der Waals surface area contributed by atoms with Crippen molar-refractivity contribution in [1.29, 1.82) is 0 Å². The molecular formula is C20H38O2. The topological polar surface area (TPSA) is 26.3 Å². The highest BCUT2D eigenvalue weighted by molar-refractivity contribution is 5.37. The summed E-state index contributed by atoms with van der Waals surface area (Å²) < 4.78 is 5.02. The molecule has 0 heterocycles. The standard InChI is InChI=1S/C20H38O2/c1-3-5-6-7-8-9-10-11-12-13-14-15-16-18-20(17-4-2)22-19-21/h16,18-20H,3-15,17H2,1-2H3/b18-16+/t20-/m0/s1. The molecule has 0 radical (unpaired) electrons. The molecule has 22 heavy (non-hydrogen) atoms. The van der Waals surface area contributed by atoms with Crippen LogP contribution in [0.4, 0.5) is 0 Å². The zero-order valence-electron chi connectivity index (χ0n) is 15.0. The van der Waals surface area contributed by atoms with Crippen LogP contribution in [0.5, 0.6) is 0 Å². The SMILES string of the molecule is CCCCCCCCCCCCC/C=C/[C@H](CCC)OC=O. The minimum atomic E-state index is -0.0183. The van der Waals surface area contributed by atoms with Crippen LogP contribution < -0.4 is 0 Å². The van der Waals surface area contributed by atoms with E-state index in [0.717, 1.165) is 19.3 Å². The second-order valence-electron chi connectivity index (χ2n) is 6.31. The second kappa shape index (κ2) is 18.3. The molecule has 0 aliphatic carbocycles. The minimum Gasteiger partial charge on any atom is -0.460 e. The molecule has 0 unspecified atom stereocenters. The Morgan fingerprint density at radius 1 is 0.773 bits per heavy atom. The van der Waals surface area contributed by atoms with Crippen molar-refractivity contribution in [1.82, 2.24) is 0 Å². The maximum Gasteiger partial charge on any atom is 0.293 e. The number of carbonyl (C=O) groups excluding carboxylic acids is 1. The number of allylic oxidation sites excluding steroid dienone is 1. The van der Waals surface area contributed by atoms with Gasteiger partial charge in [0, 0.05) is 0 Å². The second-order valence-corrected chi connectivity index (χ2v) is 6.31. The van der Waals surface area contributed by atoms with Crippen LogP contribution in [0.25, 0.3) is 0 Å². The van der Waals surface area contributed by atoms with Gasteiger partial charge in [-0.15, -0.1) is 0 Å². The van der Waals surface area contributed by atoms with Gasteiger partial charge in [0.1, 0.15) is 6.10 Å². The molecule has 0 aliphatic rings. The molecule has 0 aromatic heterocycles. The van der Waals surface area contributed by atoms with Crippen molar-refractivity contribution in [2.24, 2.45) is 0 Å². The fourth-order valence-corrected chi connectivity index (χ4v) is 2.74. The van der Waals surface area contributed by atoms with E-state index in [-0.39, 0.29) is 6.10 Å². The van der Waals surface area contributed by atoms with Crippen molar-refractivity contribution in [3.8, 4) is 0 Å². The first-order chi connectivity index (χ1) is 10.8. The van der Waals surface area contributed by atoms with E-state index in [1.807, 2.05) is 6.08 Å². The van der Waals surface area contributed by atoms with E-state index < -0.39 is 0 Å². The van der Waals surface area contributed by atoms with Crippen LogP contribution in [0.3, 0.4) is 0 Å². The van der Waals surface area contributed by atoms with E-state index in [2.05, 4.69) is 19.9 Å². The molecule has 2 heteroatoms. The maximum atomic E-state index is 10.4. The van der Waals surface area contributed by atoms with Crippen LogP contribution in [-0.4, -0.2) is 12.6 Å². The zero-order valence-corrected chi connectivity index (χ0v) is 15.0. The van der Waals surface area contributed by atoms with Gasteiger partial charge in [-0.2, -0.15) is 0 Å². The average molecular weight is 311 g/mol. The summed E-state index contributed by atoms with van der Waals surface area (Å²) >= 11 is 0. The lowest BCUT2D eigenvalue weighted by Gasteiger charge is -2.08. The molecule has 0 spiro atoms. The Balaban J connectivity index is 3.29. The van der Waals surface area contributed by atoms with Crippen molar-refractivity contribution >= 4 is 6.47 Å². The van der Waals surface area contributed by atoms with Crippen LogP contribution in [0.2, 0.25) is 0 Å². The molecule has 0 aliphatic heterocycles. The summed E-state index contributed by atoms with van der Waals surface area (Å²) in [5.41, 5.74) is 0. The normalized spacial score (nSPS) is 12.6. The highest BCUT2D eigenvalue weighted by atomic mass is 16.5. The maximum absolute atomic E-state index is 10.4. The van der Waals surface area contributed by atoms with Gasteiger partial charge >= 0.3 is 0 Å². The molecule has 0 aromatic carbocycles. The van der Waals surface area contributed by atoms with Crippen LogP contribution >= 0.6 is 0 Å². The first-order valence-electron chi connectivity index (χ1n) is 9.60. The Bertz CT molecular complexity index is 248. The summed E-state index contributed by atoms with van der Waals surface area (Å²) in [5, 5.41) is 0. The Morgan fingerprint density at radius 3 is 1.82 bits per heavy atom. The Labute approximate surface area is 138 Å². The molecule has 0 N–H and O–H groups in total. The third-order valence-electron chi connectivity index (χ3n) is 4.13. The molecule has 0 saturated carbocycles. The summed E-state index contributed by atoms with van der Waals surface area (Å²) in [6.45, 7) is 4.94. The van der Waals surface area contributed by atoms with Gasteiger partial charge in [0.25, 0.3) is 6.47 Å². The van der Waals surface area contributed by atoms with E-state index in [4.69, 9.17) is 4.74 Å². The van der Waals surface area contributed by atoms with Crippen LogP contribution in [-0.2, 0) is 9.53 Å². The van der Waals surface area contributed by atoms with Crippen LogP contribution in [0.1, 0.15) is 104 Å². The van der Waals surface area contributed by atoms with Gasteiger partial charge in [0.15, 0.2) is 0 Å². The highest BCUT2D eigenvalue weighted by Crippen LogP contribution is 2.12. The molecule has 0 rings (SSSR count). The summed E-state index contributed by atoms with van der Waals surface area (Å²) in [6, 6.07) is 0. The number of hydrogen-bond donors (Lipinski definition) is 0. The summed E-state index contributed by atoms with van der Waals surface area (Å²) in [5.74, 6) is 0. The lowest BCUT2D eigenvalue weighted by atomic mass is 10.1. The molecule has 0 aromatic rings. The van der Waals surface area contributed by atoms with Crippen LogP contribution in [0, 0.1) is 0 Å². The van der Waals surface area contributed by atoms with E-state index >= 15 is 0 Å². The molecule has 0 saturated heterocycles. The fourth-order valence-electron chi connectivity index (χ4n) is 2.74. The highest BCUT2D eigenvalue weighted by Gasteiger charge is 2.01.